The first kappa shape index (κ1) is 26.0. The second-order valence-corrected chi connectivity index (χ2v) is 12.2. The van der Waals surface area contributed by atoms with Crippen LogP contribution in [0.25, 0.3) is 10.9 Å². The monoisotopic (exact) mass is 555 g/mol. The Hall–Kier alpha value is -2.24. The predicted molar refractivity (Wildman–Crippen MR) is 150 cm³/mol. The van der Waals surface area contributed by atoms with Gasteiger partial charge in [0.1, 0.15) is 10.8 Å². The van der Waals surface area contributed by atoms with Gasteiger partial charge in [0.15, 0.2) is 0 Å². The molecule has 1 spiro atoms. The van der Waals surface area contributed by atoms with Crippen molar-refractivity contribution in [2.45, 2.75) is 61.2 Å². The first-order valence-electron chi connectivity index (χ1n) is 13.5. The SMILES string of the molecule is C[C@@H]1OCC2(CCN(c3cnc(Sc4ccc5ncn(CCN6CCCC6)c(=O)c5c4Cl)cn3)CC2)[C@@H]1N. The molecule has 202 valence electrons. The smallest absolute Gasteiger partial charge is 0.262 e. The Morgan fingerprint density at radius 2 is 1.89 bits per heavy atom. The highest BCUT2D eigenvalue weighted by atomic mass is 35.5. The lowest BCUT2D eigenvalue weighted by atomic mass is 9.73. The number of aromatic nitrogens is 4. The van der Waals surface area contributed by atoms with Crippen molar-refractivity contribution in [2.24, 2.45) is 11.1 Å². The van der Waals surface area contributed by atoms with E-state index in [4.69, 9.17) is 22.1 Å². The molecule has 2 aromatic heterocycles. The average molecular weight is 556 g/mol. The van der Waals surface area contributed by atoms with E-state index in [1.807, 2.05) is 18.3 Å². The molecule has 3 aliphatic heterocycles. The van der Waals surface area contributed by atoms with Crippen molar-refractivity contribution in [3.8, 4) is 0 Å². The summed E-state index contributed by atoms with van der Waals surface area (Å²) < 4.78 is 7.51. The van der Waals surface area contributed by atoms with Crippen molar-refractivity contribution in [2.75, 3.05) is 44.2 Å². The van der Waals surface area contributed by atoms with E-state index in [9.17, 15) is 4.79 Å². The lowest BCUT2D eigenvalue weighted by Gasteiger charge is -2.41. The molecule has 2 atom stereocenters. The molecule has 3 fully saturated rings. The molecular formula is C27H34ClN7O2S. The van der Waals surface area contributed by atoms with Crippen LogP contribution in [-0.2, 0) is 11.3 Å². The highest BCUT2D eigenvalue weighted by Crippen LogP contribution is 2.42. The van der Waals surface area contributed by atoms with Gasteiger partial charge >= 0.3 is 0 Å². The number of benzene rings is 1. The normalized spacial score (nSPS) is 23.6. The van der Waals surface area contributed by atoms with Crippen molar-refractivity contribution < 1.29 is 4.74 Å². The van der Waals surface area contributed by atoms with Gasteiger partial charge in [0.2, 0.25) is 0 Å². The molecule has 0 amide bonds. The zero-order valence-electron chi connectivity index (χ0n) is 21.7. The van der Waals surface area contributed by atoms with E-state index < -0.39 is 0 Å². The first-order chi connectivity index (χ1) is 18.4. The second-order valence-electron chi connectivity index (χ2n) is 10.8. The van der Waals surface area contributed by atoms with Crippen LogP contribution >= 0.6 is 23.4 Å². The third-order valence-corrected chi connectivity index (χ3v) is 9.99. The van der Waals surface area contributed by atoms with Gasteiger partial charge in [-0.05, 0) is 57.8 Å². The van der Waals surface area contributed by atoms with Gasteiger partial charge in [-0.1, -0.05) is 23.4 Å². The van der Waals surface area contributed by atoms with Crippen LogP contribution in [0.4, 0.5) is 5.82 Å². The van der Waals surface area contributed by atoms with Crippen LogP contribution in [0.2, 0.25) is 5.02 Å². The van der Waals surface area contributed by atoms with Gasteiger partial charge in [-0.3, -0.25) is 9.36 Å². The molecule has 9 nitrogen and oxygen atoms in total. The van der Waals surface area contributed by atoms with Gasteiger partial charge in [-0.2, -0.15) is 0 Å². The second kappa shape index (κ2) is 10.7. The number of fused-ring (bicyclic) bond motifs is 1. The van der Waals surface area contributed by atoms with E-state index in [1.165, 1.54) is 24.6 Å². The first-order valence-corrected chi connectivity index (χ1v) is 14.6. The molecule has 38 heavy (non-hydrogen) atoms. The summed E-state index contributed by atoms with van der Waals surface area (Å²) in [7, 11) is 0. The van der Waals surface area contributed by atoms with E-state index in [2.05, 4.69) is 31.7 Å². The molecule has 11 heteroatoms. The Balaban J connectivity index is 1.14. The minimum absolute atomic E-state index is 0.0770. The van der Waals surface area contributed by atoms with Crippen LogP contribution < -0.4 is 16.2 Å². The maximum atomic E-state index is 13.3. The van der Waals surface area contributed by atoms with Crippen molar-refractivity contribution in [1.29, 1.82) is 0 Å². The van der Waals surface area contributed by atoms with Crippen LogP contribution in [0.5, 0.6) is 0 Å². The highest BCUT2D eigenvalue weighted by molar-refractivity contribution is 7.99. The fraction of sp³-hybridized carbons (Fsp3) is 0.556. The fourth-order valence-corrected chi connectivity index (χ4v) is 7.09. The maximum absolute atomic E-state index is 13.3. The summed E-state index contributed by atoms with van der Waals surface area (Å²) >= 11 is 8.18. The largest absolute Gasteiger partial charge is 0.376 e. The molecule has 0 unspecified atom stereocenters. The summed E-state index contributed by atoms with van der Waals surface area (Å²) in [6.07, 6.45) is 9.77. The van der Waals surface area contributed by atoms with Crippen molar-refractivity contribution in [1.82, 2.24) is 24.4 Å². The minimum Gasteiger partial charge on any atom is -0.376 e. The molecule has 1 aromatic carbocycles. The number of halogens is 1. The molecule has 2 N–H and O–H groups in total. The van der Waals surface area contributed by atoms with Crippen molar-refractivity contribution in [3.63, 3.8) is 0 Å². The van der Waals surface area contributed by atoms with Gasteiger partial charge in [-0.15, -0.1) is 0 Å². The number of anilines is 1. The standard InChI is InChI=1S/C27H34ClN7O2S/c1-18-25(29)27(16-37-18)6-10-34(11-7-27)21-14-31-22(15-30-21)38-20-5-4-19-23(24(20)28)26(36)35(17-32-19)13-12-33-8-2-3-9-33/h4-5,14-15,17-18,25H,2-3,6-13,16,29H2,1H3/t18-,25+/m0/s1. The molecule has 0 aliphatic carbocycles. The number of hydrogen-bond acceptors (Lipinski definition) is 9. The molecule has 0 saturated carbocycles. The summed E-state index contributed by atoms with van der Waals surface area (Å²) in [5, 5.41) is 1.59. The number of ether oxygens (including phenoxy) is 1. The molecule has 6 rings (SSSR count). The Morgan fingerprint density at radius 3 is 2.58 bits per heavy atom. The maximum Gasteiger partial charge on any atom is 0.262 e. The van der Waals surface area contributed by atoms with Crippen LogP contribution in [0.1, 0.15) is 32.6 Å². The van der Waals surface area contributed by atoms with Crippen molar-refractivity contribution >= 4 is 40.1 Å². The molecule has 5 heterocycles. The topological polar surface area (TPSA) is 102 Å². The Kier molecular flexibility index (Phi) is 7.34. The zero-order chi connectivity index (χ0) is 26.3. The fourth-order valence-electron chi connectivity index (χ4n) is 5.97. The number of piperidine rings is 1. The summed E-state index contributed by atoms with van der Waals surface area (Å²) in [5.74, 6) is 0.861. The number of likely N-dealkylation sites (tertiary alicyclic amines) is 1. The predicted octanol–water partition coefficient (Wildman–Crippen LogP) is 3.42. The molecule has 3 saturated heterocycles. The van der Waals surface area contributed by atoms with Crippen LogP contribution in [-0.4, -0.2) is 75.9 Å². The summed E-state index contributed by atoms with van der Waals surface area (Å²) in [4.78, 5) is 32.5. The van der Waals surface area contributed by atoms with Crippen LogP contribution in [0, 0.1) is 5.41 Å². The van der Waals surface area contributed by atoms with Crippen LogP contribution in [0.3, 0.4) is 0 Å². The summed E-state index contributed by atoms with van der Waals surface area (Å²) in [6, 6.07) is 3.83. The summed E-state index contributed by atoms with van der Waals surface area (Å²) in [6.45, 7) is 8.23. The Labute approximate surface area is 231 Å². The Bertz CT molecular complexity index is 1350. The lowest BCUT2D eigenvalue weighted by molar-refractivity contribution is 0.0974. The highest BCUT2D eigenvalue weighted by Gasteiger charge is 2.47. The van der Waals surface area contributed by atoms with E-state index in [0.717, 1.165) is 67.9 Å². The average Bonchev–Trinajstić information content (AvgIpc) is 3.55. The van der Waals surface area contributed by atoms with Gasteiger partial charge in [0, 0.05) is 42.5 Å². The number of rotatable bonds is 6. The lowest BCUT2D eigenvalue weighted by Crippen LogP contribution is -2.50. The third kappa shape index (κ3) is 4.93. The quantitative estimate of drug-likeness (QED) is 0.490. The Morgan fingerprint density at radius 1 is 1.11 bits per heavy atom. The van der Waals surface area contributed by atoms with E-state index in [1.54, 1.807) is 17.1 Å². The molecular weight excluding hydrogens is 522 g/mol. The summed E-state index contributed by atoms with van der Waals surface area (Å²) in [5.41, 5.74) is 7.04. The van der Waals surface area contributed by atoms with Gasteiger partial charge in [-0.25, -0.2) is 15.0 Å². The molecule has 3 aromatic rings. The van der Waals surface area contributed by atoms with E-state index in [-0.39, 0.29) is 23.1 Å². The molecule has 0 radical (unpaired) electrons. The van der Waals surface area contributed by atoms with Crippen LogP contribution in [0.15, 0.2) is 45.6 Å². The van der Waals surface area contributed by atoms with Gasteiger partial charge < -0.3 is 20.3 Å². The minimum atomic E-state index is -0.104. The van der Waals surface area contributed by atoms with E-state index >= 15 is 0 Å². The zero-order valence-corrected chi connectivity index (χ0v) is 23.3. The van der Waals surface area contributed by atoms with Gasteiger partial charge in [0.05, 0.1) is 47.4 Å². The number of hydrogen-bond donors (Lipinski definition) is 1. The number of nitrogens with zero attached hydrogens (tertiary/aromatic N) is 6. The molecule has 3 aliphatic rings. The van der Waals surface area contributed by atoms with E-state index in [0.29, 0.717) is 22.5 Å². The van der Waals surface area contributed by atoms with Gasteiger partial charge in [0.25, 0.3) is 5.56 Å². The number of nitrogens with two attached hydrogens (primary N) is 1. The third-order valence-electron chi connectivity index (χ3n) is 8.51. The molecule has 0 bridgehead atoms. The van der Waals surface area contributed by atoms with Crippen molar-refractivity contribution in [3.05, 3.63) is 46.2 Å².